The van der Waals surface area contributed by atoms with Crippen molar-refractivity contribution in [1.82, 2.24) is 0 Å². The molecule has 0 bridgehead atoms. The van der Waals surface area contributed by atoms with E-state index in [1.54, 1.807) is 6.08 Å². The lowest BCUT2D eigenvalue weighted by molar-refractivity contribution is 0.0433. The van der Waals surface area contributed by atoms with Crippen molar-refractivity contribution in [2.24, 2.45) is 0 Å². The van der Waals surface area contributed by atoms with E-state index in [0.717, 1.165) is 0 Å². The summed E-state index contributed by atoms with van der Waals surface area (Å²) in [7, 11) is 0. The molecule has 1 unspecified atom stereocenters. The molecule has 0 saturated carbocycles. The van der Waals surface area contributed by atoms with E-state index < -0.39 is 6.16 Å². The van der Waals surface area contributed by atoms with Gasteiger partial charge in [-0.05, 0) is 6.42 Å². The fraction of sp³-hybridized carbons (Fsp3) is 0.444. The van der Waals surface area contributed by atoms with Gasteiger partial charge in [0.05, 0.1) is 0 Å². The van der Waals surface area contributed by atoms with Crippen LogP contribution in [-0.4, -0.2) is 18.9 Å². The highest BCUT2D eigenvalue weighted by Gasteiger charge is 2.08. The van der Waals surface area contributed by atoms with E-state index in [-0.39, 0.29) is 12.7 Å². The Labute approximate surface area is 72.7 Å². The normalized spacial score (nSPS) is 11.4. The first-order valence-corrected chi connectivity index (χ1v) is 3.81. The first-order valence-electron chi connectivity index (χ1n) is 3.81. The van der Waals surface area contributed by atoms with E-state index in [9.17, 15) is 4.79 Å². The lowest BCUT2D eigenvalue weighted by Crippen LogP contribution is -2.16. The van der Waals surface area contributed by atoms with Gasteiger partial charge in [0.25, 0.3) is 0 Å². The third kappa shape index (κ3) is 4.55. The summed E-state index contributed by atoms with van der Waals surface area (Å²) in [5, 5.41) is 0. The van der Waals surface area contributed by atoms with Gasteiger partial charge < -0.3 is 9.47 Å². The smallest absolute Gasteiger partial charge is 0.430 e. The van der Waals surface area contributed by atoms with Gasteiger partial charge in [-0.15, -0.1) is 0 Å². The first-order chi connectivity index (χ1) is 5.74. The van der Waals surface area contributed by atoms with Crippen LogP contribution in [0.3, 0.4) is 0 Å². The van der Waals surface area contributed by atoms with Crippen molar-refractivity contribution in [2.75, 3.05) is 6.61 Å². The van der Waals surface area contributed by atoms with Crippen LogP contribution in [0.1, 0.15) is 13.3 Å². The molecule has 0 amide bonds. The molecule has 0 spiro atoms. The van der Waals surface area contributed by atoms with Crippen molar-refractivity contribution in [3.8, 4) is 0 Å². The fourth-order valence-electron chi connectivity index (χ4n) is 0.583. The number of rotatable bonds is 5. The lowest BCUT2D eigenvalue weighted by Gasteiger charge is -2.10. The zero-order valence-corrected chi connectivity index (χ0v) is 7.29. The van der Waals surface area contributed by atoms with Crippen molar-refractivity contribution >= 4 is 6.16 Å². The molecule has 0 aromatic rings. The molecule has 0 N–H and O–H groups in total. The Morgan fingerprint density at radius 3 is 2.67 bits per heavy atom. The Kier molecular flexibility index (Phi) is 5.79. The average Bonchev–Trinajstić information content (AvgIpc) is 2.10. The molecule has 0 aliphatic rings. The molecule has 0 rings (SSSR count). The van der Waals surface area contributed by atoms with Gasteiger partial charge in [0, 0.05) is 0 Å². The third-order valence-electron chi connectivity index (χ3n) is 1.23. The summed E-state index contributed by atoms with van der Waals surface area (Å²) in [5.41, 5.74) is 0. The highest BCUT2D eigenvalue weighted by atomic mass is 16.7. The summed E-state index contributed by atoms with van der Waals surface area (Å²) in [5.74, 6) is 0. The molecule has 68 valence electrons. The van der Waals surface area contributed by atoms with Gasteiger partial charge in [-0.1, -0.05) is 32.2 Å². The maximum absolute atomic E-state index is 10.8. The second-order valence-corrected chi connectivity index (χ2v) is 2.15. The van der Waals surface area contributed by atoms with Crippen LogP contribution in [0.4, 0.5) is 4.79 Å². The Balaban J connectivity index is 3.65. The van der Waals surface area contributed by atoms with E-state index in [0.29, 0.717) is 6.42 Å². The predicted molar refractivity (Wildman–Crippen MR) is 46.9 cm³/mol. The molecule has 0 fully saturated rings. The van der Waals surface area contributed by atoms with Crippen molar-refractivity contribution < 1.29 is 14.3 Å². The van der Waals surface area contributed by atoms with E-state index in [1.807, 2.05) is 6.92 Å². The van der Waals surface area contributed by atoms with Crippen LogP contribution in [0.2, 0.25) is 0 Å². The molecule has 0 aliphatic heterocycles. The highest BCUT2D eigenvalue weighted by Crippen LogP contribution is 2.00. The SMILES string of the molecule is C=CCOC(=O)OC(C=C)CC. The van der Waals surface area contributed by atoms with Gasteiger partial charge in [0.15, 0.2) is 0 Å². The Morgan fingerprint density at radius 1 is 1.58 bits per heavy atom. The second-order valence-electron chi connectivity index (χ2n) is 2.15. The quantitative estimate of drug-likeness (QED) is 0.469. The fourth-order valence-corrected chi connectivity index (χ4v) is 0.583. The average molecular weight is 170 g/mol. The molecule has 3 heteroatoms. The molecule has 0 radical (unpaired) electrons. The number of ether oxygens (including phenoxy) is 2. The van der Waals surface area contributed by atoms with Crippen molar-refractivity contribution in [3.05, 3.63) is 25.3 Å². The standard InChI is InChI=1S/C9H14O3/c1-4-7-11-9(10)12-8(5-2)6-3/h4-5,8H,1-2,6-7H2,3H3. The monoisotopic (exact) mass is 170 g/mol. The number of hydrogen-bond donors (Lipinski definition) is 0. The maximum Gasteiger partial charge on any atom is 0.509 e. The van der Waals surface area contributed by atoms with E-state index in [4.69, 9.17) is 4.74 Å². The van der Waals surface area contributed by atoms with Crippen LogP contribution in [0, 0.1) is 0 Å². The minimum absolute atomic E-state index is 0.173. The first kappa shape index (κ1) is 10.8. The van der Waals surface area contributed by atoms with E-state index >= 15 is 0 Å². The zero-order valence-electron chi connectivity index (χ0n) is 7.29. The van der Waals surface area contributed by atoms with Gasteiger partial charge in [0.2, 0.25) is 0 Å². The minimum Gasteiger partial charge on any atom is -0.430 e. The largest absolute Gasteiger partial charge is 0.509 e. The van der Waals surface area contributed by atoms with Crippen molar-refractivity contribution in [3.63, 3.8) is 0 Å². The van der Waals surface area contributed by atoms with Crippen LogP contribution in [0.25, 0.3) is 0 Å². The van der Waals surface area contributed by atoms with Crippen LogP contribution in [-0.2, 0) is 9.47 Å². The lowest BCUT2D eigenvalue weighted by atomic mass is 10.3. The number of carbonyl (C=O) groups excluding carboxylic acids is 1. The summed E-state index contributed by atoms with van der Waals surface area (Å²) >= 11 is 0. The van der Waals surface area contributed by atoms with Crippen molar-refractivity contribution in [2.45, 2.75) is 19.4 Å². The molecule has 0 aromatic carbocycles. The van der Waals surface area contributed by atoms with Gasteiger partial charge in [-0.3, -0.25) is 0 Å². The van der Waals surface area contributed by atoms with E-state index in [2.05, 4.69) is 17.9 Å². The molecular weight excluding hydrogens is 156 g/mol. The summed E-state index contributed by atoms with van der Waals surface area (Å²) in [6.07, 6.45) is 2.81. The Morgan fingerprint density at radius 2 is 2.25 bits per heavy atom. The molecule has 0 saturated heterocycles. The highest BCUT2D eigenvalue weighted by molar-refractivity contribution is 5.60. The summed E-state index contributed by atoms with van der Waals surface area (Å²) < 4.78 is 9.42. The second kappa shape index (κ2) is 6.46. The summed E-state index contributed by atoms with van der Waals surface area (Å²) in [4.78, 5) is 10.8. The molecule has 0 aliphatic carbocycles. The molecule has 3 nitrogen and oxygen atoms in total. The van der Waals surface area contributed by atoms with Gasteiger partial charge in [0.1, 0.15) is 12.7 Å². The molecule has 0 aromatic heterocycles. The predicted octanol–water partition coefficient (Wildman–Crippen LogP) is 2.29. The summed E-state index contributed by atoms with van der Waals surface area (Å²) in [6, 6.07) is 0. The number of carbonyl (C=O) groups is 1. The minimum atomic E-state index is -0.679. The Bertz CT molecular complexity index is 163. The molecule has 0 heterocycles. The summed E-state index contributed by atoms with van der Waals surface area (Å²) in [6.45, 7) is 8.98. The van der Waals surface area contributed by atoms with Crippen LogP contribution in [0.5, 0.6) is 0 Å². The third-order valence-corrected chi connectivity index (χ3v) is 1.23. The Hall–Kier alpha value is -1.25. The van der Waals surface area contributed by atoms with Gasteiger partial charge in [-0.2, -0.15) is 0 Å². The van der Waals surface area contributed by atoms with Crippen molar-refractivity contribution in [1.29, 1.82) is 0 Å². The van der Waals surface area contributed by atoms with Crippen LogP contribution < -0.4 is 0 Å². The van der Waals surface area contributed by atoms with Gasteiger partial charge in [-0.25, -0.2) is 4.79 Å². The molecule has 1 atom stereocenters. The van der Waals surface area contributed by atoms with Gasteiger partial charge >= 0.3 is 6.16 Å². The zero-order chi connectivity index (χ0) is 9.40. The van der Waals surface area contributed by atoms with Crippen LogP contribution >= 0.6 is 0 Å². The topological polar surface area (TPSA) is 35.5 Å². The van der Waals surface area contributed by atoms with E-state index in [1.165, 1.54) is 6.08 Å². The molecule has 12 heavy (non-hydrogen) atoms. The molecular formula is C9H14O3. The van der Waals surface area contributed by atoms with Crippen LogP contribution in [0.15, 0.2) is 25.3 Å². The maximum atomic E-state index is 10.8. The number of hydrogen-bond acceptors (Lipinski definition) is 3.